The summed E-state index contributed by atoms with van der Waals surface area (Å²) in [5.74, 6) is -0.240. The second-order valence-corrected chi connectivity index (χ2v) is 6.60. The summed E-state index contributed by atoms with van der Waals surface area (Å²) in [6.07, 6.45) is 0. The van der Waals surface area contributed by atoms with E-state index in [1.807, 2.05) is 6.92 Å². The number of carbonyl (C=O) groups excluding carboxylic acids is 1. The van der Waals surface area contributed by atoms with Crippen LogP contribution in [0.3, 0.4) is 0 Å². The molecule has 1 N–H and O–H groups in total. The molecule has 0 aliphatic carbocycles. The predicted molar refractivity (Wildman–Crippen MR) is 72.4 cm³/mol. The standard InChI is InChI=1S/C11H23N3O4S/c1-3-18-8-9-19(16,17)13(2)10-11(15)14-6-4-12-5-7-14/h12H,3-10H2,1-2H3. The Kier molecular flexibility index (Phi) is 6.70. The van der Waals surface area contributed by atoms with Crippen LogP contribution >= 0.6 is 0 Å². The topological polar surface area (TPSA) is 79.0 Å². The van der Waals surface area contributed by atoms with Gasteiger partial charge in [0.15, 0.2) is 0 Å². The lowest BCUT2D eigenvalue weighted by Crippen LogP contribution is -2.50. The number of nitrogens with one attached hydrogen (secondary N) is 1. The molecule has 0 aromatic heterocycles. The summed E-state index contributed by atoms with van der Waals surface area (Å²) < 4.78 is 29.9. The van der Waals surface area contributed by atoms with Crippen LogP contribution in [0.2, 0.25) is 0 Å². The van der Waals surface area contributed by atoms with Crippen LogP contribution < -0.4 is 5.32 Å². The minimum Gasteiger partial charge on any atom is -0.381 e. The van der Waals surface area contributed by atoms with E-state index in [1.165, 1.54) is 7.05 Å². The van der Waals surface area contributed by atoms with Crippen molar-refractivity contribution in [3.63, 3.8) is 0 Å². The zero-order valence-corrected chi connectivity index (χ0v) is 12.4. The van der Waals surface area contributed by atoms with Crippen LogP contribution in [0.5, 0.6) is 0 Å². The van der Waals surface area contributed by atoms with Crippen molar-refractivity contribution in [2.45, 2.75) is 6.92 Å². The first-order valence-corrected chi connectivity index (χ1v) is 8.08. The van der Waals surface area contributed by atoms with Crippen molar-refractivity contribution in [2.75, 3.05) is 58.7 Å². The number of rotatable bonds is 7. The Labute approximate surface area is 114 Å². The average Bonchev–Trinajstić information content (AvgIpc) is 2.39. The molecule has 0 atom stereocenters. The fourth-order valence-corrected chi connectivity index (χ4v) is 2.71. The van der Waals surface area contributed by atoms with E-state index in [-0.39, 0.29) is 24.8 Å². The van der Waals surface area contributed by atoms with Crippen molar-refractivity contribution < 1.29 is 17.9 Å². The van der Waals surface area contributed by atoms with Crippen molar-refractivity contribution in [3.8, 4) is 0 Å². The first kappa shape index (κ1) is 16.4. The van der Waals surface area contributed by atoms with E-state index in [1.54, 1.807) is 4.90 Å². The van der Waals surface area contributed by atoms with E-state index < -0.39 is 10.0 Å². The molecule has 1 amide bonds. The largest absolute Gasteiger partial charge is 0.381 e. The third kappa shape index (κ3) is 5.43. The number of sulfonamides is 1. The number of likely N-dealkylation sites (N-methyl/N-ethyl adjacent to an activating group) is 1. The first-order valence-electron chi connectivity index (χ1n) is 6.47. The molecule has 1 aliphatic rings. The second-order valence-electron chi connectivity index (χ2n) is 4.40. The van der Waals surface area contributed by atoms with Crippen molar-refractivity contribution in [3.05, 3.63) is 0 Å². The lowest BCUT2D eigenvalue weighted by molar-refractivity contribution is -0.131. The van der Waals surface area contributed by atoms with Gasteiger partial charge in [0.2, 0.25) is 15.9 Å². The Balaban J connectivity index is 2.43. The van der Waals surface area contributed by atoms with Gasteiger partial charge in [0.05, 0.1) is 18.9 Å². The van der Waals surface area contributed by atoms with Crippen LogP contribution in [0, 0.1) is 0 Å². The Morgan fingerprint density at radius 3 is 2.58 bits per heavy atom. The van der Waals surface area contributed by atoms with Crippen LogP contribution in [0.4, 0.5) is 0 Å². The minimum atomic E-state index is -3.42. The molecular formula is C11H23N3O4S. The lowest BCUT2D eigenvalue weighted by atomic mass is 10.3. The SMILES string of the molecule is CCOCCS(=O)(=O)N(C)CC(=O)N1CCNCC1. The highest BCUT2D eigenvalue weighted by molar-refractivity contribution is 7.89. The third-order valence-electron chi connectivity index (χ3n) is 2.99. The molecule has 1 rings (SSSR count). The summed E-state index contributed by atoms with van der Waals surface area (Å²) in [7, 11) is -1.99. The van der Waals surface area contributed by atoms with E-state index in [2.05, 4.69) is 5.32 Å². The van der Waals surface area contributed by atoms with Gasteiger partial charge >= 0.3 is 0 Å². The number of hydrogen-bond donors (Lipinski definition) is 1. The highest BCUT2D eigenvalue weighted by Gasteiger charge is 2.23. The predicted octanol–water partition coefficient (Wildman–Crippen LogP) is -1.28. The molecule has 1 fully saturated rings. The molecule has 0 spiro atoms. The van der Waals surface area contributed by atoms with Crippen LogP contribution in [0.25, 0.3) is 0 Å². The Morgan fingerprint density at radius 1 is 1.37 bits per heavy atom. The van der Waals surface area contributed by atoms with Crippen molar-refractivity contribution in [2.24, 2.45) is 0 Å². The van der Waals surface area contributed by atoms with Gasteiger partial charge in [0, 0.05) is 39.8 Å². The van der Waals surface area contributed by atoms with Crippen LogP contribution in [-0.2, 0) is 19.6 Å². The first-order chi connectivity index (χ1) is 8.97. The molecule has 1 aliphatic heterocycles. The van der Waals surface area contributed by atoms with Crippen molar-refractivity contribution in [1.82, 2.24) is 14.5 Å². The average molecular weight is 293 g/mol. The number of carbonyl (C=O) groups is 1. The van der Waals surface area contributed by atoms with E-state index >= 15 is 0 Å². The fourth-order valence-electron chi connectivity index (χ4n) is 1.77. The smallest absolute Gasteiger partial charge is 0.237 e. The Hall–Kier alpha value is -0.700. The van der Waals surface area contributed by atoms with Crippen LogP contribution in [-0.4, -0.2) is 82.3 Å². The molecular weight excluding hydrogens is 270 g/mol. The summed E-state index contributed by atoms with van der Waals surface area (Å²) in [6.45, 7) is 5.12. The highest BCUT2D eigenvalue weighted by Crippen LogP contribution is 2.01. The van der Waals surface area contributed by atoms with Crippen molar-refractivity contribution in [1.29, 1.82) is 0 Å². The van der Waals surface area contributed by atoms with Gasteiger partial charge in [-0.15, -0.1) is 0 Å². The van der Waals surface area contributed by atoms with Gasteiger partial charge in [-0.1, -0.05) is 0 Å². The van der Waals surface area contributed by atoms with E-state index in [9.17, 15) is 13.2 Å². The molecule has 0 bridgehead atoms. The summed E-state index contributed by atoms with van der Waals surface area (Å²) in [6, 6.07) is 0. The molecule has 112 valence electrons. The summed E-state index contributed by atoms with van der Waals surface area (Å²) in [4.78, 5) is 13.6. The summed E-state index contributed by atoms with van der Waals surface area (Å²) in [5, 5.41) is 3.15. The maximum atomic E-state index is 11.9. The summed E-state index contributed by atoms with van der Waals surface area (Å²) in [5.41, 5.74) is 0. The van der Waals surface area contributed by atoms with Crippen LogP contribution in [0.15, 0.2) is 0 Å². The molecule has 7 nitrogen and oxygen atoms in total. The number of hydrogen-bond acceptors (Lipinski definition) is 5. The van der Waals surface area contributed by atoms with E-state index in [4.69, 9.17) is 4.74 Å². The second kappa shape index (κ2) is 7.78. The van der Waals surface area contributed by atoms with Gasteiger partial charge in [-0.2, -0.15) is 4.31 Å². The zero-order chi connectivity index (χ0) is 14.3. The monoisotopic (exact) mass is 293 g/mol. The van der Waals surface area contributed by atoms with Gasteiger partial charge in [-0.3, -0.25) is 4.79 Å². The Morgan fingerprint density at radius 2 is 2.00 bits per heavy atom. The number of nitrogens with zero attached hydrogens (tertiary/aromatic N) is 2. The zero-order valence-electron chi connectivity index (χ0n) is 11.6. The Bertz CT molecular complexity index is 379. The molecule has 1 saturated heterocycles. The fraction of sp³-hybridized carbons (Fsp3) is 0.909. The molecule has 0 radical (unpaired) electrons. The number of ether oxygens (including phenoxy) is 1. The van der Waals surface area contributed by atoms with Crippen molar-refractivity contribution >= 4 is 15.9 Å². The van der Waals surface area contributed by atoms with Crippen LogP contribution in [0.1, 0.15) is 6.92 Å². The number of piperazine rings is 1. The highest BCUT2D eigenvalue weighted by atomic mass is 32.2. The molecule has 19 heavy (non-hydrogen) atoms. The normalized spacial score (nSPS) is 16.9. The lowest BCUT2D eigenvalue weighted by Gasteiger charge is -2.29. The van der Waals surface area contributed by atoms with Gasteiger partial charge in [0.1, 0.15) is 0 Å². The summed E-state index contributed by atoms with van der Waals surface area (Å²) >= 11 is 0. The molecule has 0 aromatic carbocycles. The molecule has 8 heteroatoms. The van der Waals surface area contributed by atoms with Gasteiger partial charge < -0.3 is 15.0 Å². The molecule has 0 aromatic rings. The maximum Gasteiger partial charge on any atom is 0.237 e. The van der Waals surface area contributed by atoms with Gasteiger partial charge in [0.25, 0.3) is 0 Å². The molecule has 0 saturated carbocycles. The third-order valence-corrected chi connectivity index (χ3v) is 4.75. The quantitative estimate of drug-likeness (QED) is 0.591. The minimum absolute atomic E-state index is 0.0911. The van der Waals surface area contributed by atoms with E-state index in [0.717, 1.165) is 17.4 Å². The van der Waals surface area contributed by atoms with Gasteiger partial charge in [-0.05, 0) is 6.92 Å². The van der Waals surface area contributed by atoms with Gasteiger partial charge in [-0.25, -0.2) is 8.42 Å². The molecule has 0 unspecified atom stereocenters. The maximum absolute atomic E-state index is 11.9. The number of amides is 1. The van der Waals surface area contributed by atoms with E-state index in [0.29, 0.717) is 19.7 Å². The molecule has 1 heterocycles.